The minimum atomic E-state index is -0.506. The van der Waals surface area contributed by atoms with Gasteiger partial charge in [0.05, 0.1) is 26.0 Å². The van der Waals surface area contributed by atoms with Crippen LogP contribution < -0.4 is 5.32 Å². The van der Waals surface area contributed by atoms with E-state index < -0.39 is 12.0 Å². The lowest BCUT2D eigenvalue weighted by Gasteiger charge is -2.19. The van der Waals surface area contributed by atoms with Crippen molar-refractivity contribution in [3.63, 3.8) is 0 Å². The summed E-state index contributed by atoms with van der Waals surface area (Å²) in [6.45, 7) is 0. The number of nitrogens with one attached hydrogen (secondary N) is 1. The van der Waals surface area contributed by atoms with Crippen molar-refractivity contribution in [2.45, 2.75) is 18.9 Å². The van der Waals surface area contributed by atoms with Crippen LogP contribution in [0.15, 0.2) is 41.8 Å². The van der Waals surface area contributed by atoms with Crippen LogP contribution in [-0.4, -0.2) is 19.0 Å². The van der Waals surface area contributed by atoms with Gasteiger partial charge in [0, 0.05) is 9.90 Å². The molecular formula is C16H16ClNO3S. The summed E-state index contributed by atoms with van der Waals surface area (Å²) in [6, 6.07) is 10.4. The van der Waals surface area contributed by atoms with Crippen LogP contribution in [0.2, 0.25) is 5.02 Å². The number of carbonyl (C=O) groups excluding carboxylic acids is 2. The van der Waals surface area contributed by atoms with Gasteiger partial charge in [-0.15, -0.1) is 11.3 Å². The Bertz CT molecular complexity index is 643. The number of benzene rings is 1. The second-order valence-electron chi connectivity index (χ2n) is 4.68. The number of thiophene rings is 1. The monoisotopic (exact) mass is 337 g/mol. The summed E-state index contributed by atoms with van der Waals surface area (Å²) in [4.78, 5) is 24.7. The van der Waals surface area contributed by atoms with Gasteiger partial charge < -0.3 is 10.1 Å². The fourth-order valence-corrected chi connectivity index (χ4v) is 3.03. The van der Waals surface area contributed by atoms with Crippen molar-refractivity contribution in [3.8, 4) is 0 Å². The fourth-order valence-electron chi connectivity index (χ4n) is 2.06. The maximum Gasteiger partial charge on any atom is 0.307 e. The lowest BCUT2D eigenvalue weighted by Crippen LogP contribution is -2.31. The number of amides is 1. The van der Waals surface area contributed by atoms with Crippen LogP contribution in [-0.2, 0) is 20.7 Å². The third-order valence-corrected chi connectivity index (χ3v) is 4.35. The van der Waals surface area contributed by atoms with Gasteiger partial charge in [0.1, 0.15) is 0 Å². The number of halogens is 1. The van der Waals surface area contributed by atoms with E-state index >= 15 is 0 Å². The van der Waals surface area contributed by atoms with Crippen molar-refractivity contribution in [1.29, 1.82) is 0 Å². The van der Waals surface area contributed by atoms with Crippen LogP contribution in [0.4, 0.5) is 0 Å². The van der Waals surface area contributed by atoms with Crippen molar-refractivity contribution in [2.75, 3.05) is 7.11 Å². The predicted molar refractivity (Wildman–Crippen MR) is 87.0 cm³/mol. The molecule has 2 aromatic rings. The lowest BCUT2D eigenvalue weighted by atomic mass is 10.0. The molecule has 2 rings (SSSR count). The SMILES string of the molecule is COC(=O)CC(NC(=O)Cc1cccs1)c1ccccc1Cl. The van der Waals surface area contributed by atoms with Gasteiger partial charge in [-0.2, -0.15) is 0 Å². The maximum absolute atomic E-state index is 12.2. The van der Waals surface area contributed by atoms with Gasteiger partial charge in [-0.3, -0.25) is 9.59 Å². The van der Waals surface area contributed by atoms with Crippen LogP contribution in [0.3, 0.4) is 0 Å². The summed E-state index contributed by atoms with van der Waals surface area (Å²) >= 11 is 7.69. The smallest absolute Gasteiger partial charge is 0.307 e. The first-order valence-corrected chi connectivity index (χ1v) is 7.99. The quantitative estimate of drug-likeness (QED) is 0.822. The predicted octanol–water partition coefficient (Wildman–Crippen LogP) is 3.36. The first-order valence-electron chi connectivity index (χ1n) is 6.73. The number of hydrogen-bond donors (Lipinski definition) is 1. The number of ether oxygens (including phenoxy) is 1. The molecule has 1 N–H and O–H groups in total. The minimum Gasteiger partial charge on any atom is -0.469 e. The summed E-state index contributed by atoms with van der Waals surface area (Å²) in [7, 11) is 1.32. The highest BCUT2D eigenvalue weighted by Crippen LogP contribution is 2.25. The van der Waals surface area contributed by atoms with Crippen molar-refractivity contribution in [1.82, 2.24) is 5.32 Å². The molecule has 0 aliphatic heterocycles. The van der Waals surface area contributed by atoms with E-state index in [0.717, 1.165) is 4.88 Å². The van der Waals surface area contributed by atoms with E-state index in [1.165, 1.54) is 18.4 Å². The molecule has 0 bridgehead atoms. The Labute approximate surface area is 138 Å². The van der Waals surface area contributed by atoms with E-state index in [1.807, 2.05) is 23.6 Å². The summed E-state index contributed by atoms with van der Waals surface area (Å²) < 4.78 is 4.70. The van der Waals surface area contributed by atoms with Gasteiger partial charge in [0.2, 0.25) is 5.91 Å². The molecule has 22 heavy (non-hydrogen) atoms. The van der Waals surface area contributed by atoms with E-state index in [9.17, 15) is 9.59 Å². The highest BCUT2D eigenvalue weighted by molar-refractivity contribution is 7.10. The molecule has 6 heteroatoms. The van der Waals surface area contributed by atoms with E-state index in [4.69, 9.17) is 16.3 Å². The van der Waals surface area contributed by atoms with Gasteiger partial charge in [0.25, 0.3) is 0 Å². The third kappa shape index (κ3) is 4.58. The zero-order chi connectivity index (χ0) is 15.9. The molecule has 0 saturated heterocycles. The summed E-state index contributed by atoms with van der Waals surface area (Å²) in [6.07, 6.45) is 0.316. The number of hydrogen-bond acceptors (Lipinski definition) is 4. The van der Waals surface area contributed by atoms with Crippen LogP contribution in [0.25, 0.3) is 0 Å². The van der Waals surface area contributed by atoms with E-state index in [1.54, 1.807) is 18.2 Å². The molecule has 4 nitrogen and oxygen atoms in total. The summed E-state index contributed by atoms with van der Waals surface area (Å²) in [5.41, 5.74) is 0.703. The maximum atomic E-state index is 12.2. The van der Waals surface area contributed by atoms with Crippen molar-refractivity contribution in [2.24, 2.45) is 0 Å². The van der Waals surface area contributed by atoms with E-state index in [0.29, 0.717) is 10.6 Å². The normalized spacial score (nSPS) is 11.7. The van der Waals surface area contributed by atoms with Crippen molar-refractivity contribution >= 4 is 34.8 Å². The highest BCUT2D eigenvalue weighted by atomic mass is 35.5. The molecular weight excluding hydrogens is 322 g/mol. The molecule has 0 aliphatic rings. The van der Waals surface area contributed by atoms with Gasteiger partial charge in [-0.1, -0.05) is 35.9 Å². The molecule has 1 heterocycles. The molecule has 0 radical (unpaired) electrons. The van der Waals surface area contributed by atoms with E-state index in [-0.39, 0.29) is 18.7 Å². The van der Waals surface area contributed by atoms with Gasteiger partial charge in [-0.25, -0.2) is 0 Å². The zero-order valence-corrected chi connectivity index (χ0v) is 13.6. The first kappa shape index (κ1) is 16.5. The molecule has 1 atom stereocenters. The Morgan fingerprint density at radius 2 is 2.05 bits per heavy atom. The average Bonchev–Trinajstić information content (AvgIpc) is 2.99. The number of rotatable bonds is 6. The standard InChI is InChI=1S/C16H16ClNO3S/c1-21-16(20)10-14(12-6-2-3-7-13(12)17)18-15(19)9-11-5-4-8-22-11/h2-8,14H,9-10H2,1H3,(H,18,19). The zero-order valence-electron chi connectivity index (χ0n) is 12.0. The molecule has 0 spiro atoms. The Morgan fingerprint density at radius 1 is 1.27 bits per heavy atom. The topological polar surface area (TPSA) is 55.4 Å². The molecule has 0 aliphatic carbocycles. The first-order chi connectivity index (χ1) is 10.6. The number of carbonyl (C=O) groups is 2. The minimum absolute atomic E-state index is 0.0381. The Hall–Kier alpha value is -1.85. The highest BCUT2D eigenvalue weighted by Gasteiger charge is 2.21. The van der Waals surface area contributed by atoms with Gasteiger partial charge in [-0.05, 0) is 23.1 Å². The molecule has 0 fully saturated rings. The molecule has 1 unspecified atom stereocenters. The summed E-state index contributed by atoms with van der Waals surface area (Å²) in [5.74, 6) is -0.558. The Kier molecular flexibility index (Phi) is 5.98. The molecule has 0 saturated carbocycles. The summed E-state index contributed by atoms with van der Waals surface area (Å²) in [5, 5.41) is 5.29. The van der Waals surface area contributed by atoms with Crippen LogP contribution in [0.5, 0.6) is 0 Å². The second kappa shape index (κ2) is 7.96. The van der Waals surface area contributed by atoms with Crippen LogP contribution in [0, 0.1) is 0 Å². The van der Waals surface area contributed by atoms with Gasteiger partial charge in [0.15, 0.2) is 0 Å². The molecule has 1 aromatic heterocycles. The number of esters is 1. The lowest BCUT2D eigenvalue weighted by molar-refractivity contribution is -0.141. The van der Waals surface area contributed by atoms with Crippen molar-refractivity contribution < 1.29 is 14.3 Å². The van der Waals surface area contributed by atoms with E-state index in [2.05, 4.69) is 5.32 Å². The Morgan fingerprint density at radius 3 is 2.68 bits per heavy atom. The molecule has 1 amide bonds. The Balaban J connectivity index is 2.12. The molecule has 1 aromatic carbocycles. The van der Waals surface area contributed by atoms with Crippen molar-refractivity contribution in [3.05, 3.63) is 57.2 Å². The molecule has 116 valence electrons. The van der Waals surface area contributed by atoms with Crippen LogP contribution >= 0.6 is 22.9 Å². The number of methoxy groups -OCH3 is 1. The second-order valence-corrected chi connectivity index (χ2v) is 6.12. The van der Waals surface area contributed by atoms with Crippen LogP contribution in [0.1, 0.15) is 22.9 Å². The fraction of sp³-hybridized carbons (Fsp3) is 0.250. The van der Waals surface area contributed by atoms with Gasteiger partial charge >= 0.3 is 5.97 Å². The largest absolute Gasteiger partial charge is 0.469 e. The average molecular weight is 338 g/mol. The third-order valence-electron chi connectivity index (χ3n) is 3.13.